The summed E-state index contributed by atoms with van der Waals surface area (Å²) in [7, 11) is 2.08. The van der Waals surface area contributed by atoms with Crippen LogP contribution in [-0.4, -0.2) is 7.05 Å². The average molecular weight is 363 g/mol. The number of nitrogens with one attached hydrogen (secondary N) is 1. The fraction of sp³-hybridized carbons (Fsp3) is 0.211. The summed E-state index contributed by atoms with van der Waals surface area (Å²) < 4.78 is 5.31. The molecule has 3 aromatic rings. The first kappa shape index (κ1) is 17.0. The minimum atomic E-state index is -0.338. The summed E-state index contributed by atoms with van der Waals surface area (Å²) in [6.07, 6.45) is 0. The van der Waals surface area contributed by atoms with E-state index in [1.54, 1.807) is 6.07 Å². The maximum Gasteiger partial charge on any atom is 0.336 e. The fourth-order valence-corrected chi connectivity index (χ4v) is 3.25. The number of aryl methyl sites for hydroxylation is 1. The molecule has 0 aliphatic carbocycles. The fourth-order valence-electron chi connectivity index (χ4n) is 2.88. The highest BCUT2D eigenvalue weighted by molar-refractivity contribution is 6.32. The van der Waals surface area contributed by atoms with Gasteiger partial charge in [0.2, 0.25) is 0 Å². The molecule has 5 heteroatoms. The van der Waals surface area contributed by atoms with E-state index in [0.29, 0.717) is 17.2 Å². The summed E-state index contributed by atoms with van der Waals surface area (Å²) in [5.74, 6) is 0. The molecule has 0 radical (unpaired) electrons. The zero-order valence-corrected chi connectivity index (χ0v) is 15.0. The highest BCUT2D eigenvalue weighted by Crippen LogP contribution is 2.24. The van der Waals surface area contributed by atoms with Crippen LogP contribution in [0.2, 0.25) is 10.0 Å². The molecule has 124 valence electrons. The molecule has 0 aliphatic rings. The summed E-state index contributed by atoms with van der Waals surface area (Å²) in [5, 5.41) is 2.29. The summed E-state index contributed by atoms with van der Waals surface area (Å²) in [6.45, 7) is 3.39. The third-order valence-electron chi connectivity index (χ3n) is 4.00. The van der Waals surface area contributed by atoms with Crippen molar-refractivity contribution in [3.05, 3.63) is 79.6 Å². The lowest BCUT2D eigenvalue weighted by atomic mass is 10.1. The van der Waals surface area contributed by atoms with E-state index in [9.17, 15) is 4.79 Å². The van der Waals surface area contributed by atoms with E-state index in [-0.39, 0.29) is 5.63 Å². The highest BCUT2D eigenvalue weighted by atomic mass is 35.5. The number of hydrogen-bond acceptors (Lipinski definition) is 2. The average Bonchev–Trinajstić information content (AvgIpc) is 2.49. The summed E-state index contributed by atoms with van der Waals surface area (Å²) in [6, 6.07) is 13.1. The van der Waals surface area contributed by atoms with Gasteiger partial charge in [0.05, 0.1) is 7.05 Å². The normalized spacial score (nSPS) is 12.5. The Hall–Kier alpha value is -1.81. The predicted octanol–water partition coefficient (Wildman–Crippen LogP) is 3.62. The molecular formula is C19H18Cl2NO2+. The van der Waals surface area contributed by atoms with Crippen LogP contribution < -0.4 is 10.5 Å². The predicted molar refractivity (Wildman–Crippen MR) is 98.0 cm³/mol. The molecule has 1 unspecified atom stereocenters. The number of rotatable bonds is 4. The SMILES string of the molecule is Cc1cc2oc(=O)cc(C[NH+](C)Cc3cccc(Cl)c3)c2cc1Cl. The standard InChI is InChI=1S/C19H17Cl2NO2/c1-12-6-18-16(9-17(12)21)14(8-19(23)24-18)11-22(2)10-13-4-3-5-15(20)7-13/h3-9H,10-11H2,1-2H3/p+1. The van der Waals surface area contributed by atoms with Crippen LogP contribution in [0.15, 0.2) is 51.7 Å². The molecule has 0 saturated heterocycles. The van der Waals surface area contributed by atoms with E-state index in [4.69, 9.17) is 27.6 Å². The smallest absolute Gasteiger partial charge is 0.336 e. The Morgan fingerprint density at radius 2 is 1.88 bits per heavy atom. The Morgan fingerprint density at radius 1 is 1.08 bits per heavy atom. The monoisotopic (exact) mass is 362 g/mol. The van der Waals surface area contributed by atoms with Crippen LogP contribution in [0.5, 0.6) is 0 Å². The zero-order valence-electron chi connectivity index (χ0n) is 13.5. The first-order valence-corrected chi connectivity index (χ1v) is 8.46. The van der Waals surface area contributed by atoms with Crippen LogP contribution in [0, 0.1) is 6.92 Å². The van der Waals surface area contributed by atoms with Gasteiger partial charge in [-0.05, 0) is 36.8 Å². The van der Waals surface area contributed by atoms with Crippen molar-refractivity contribution in [3.8, 4) is 0 Å². The van der Waals surface area contributed by atoms with Gasteiger partial charge in [-0.25, -0.2) is 4.79 Å². The van der Waals surface area contributed by atoms with Gasteiger partial charge in [0.15, 0.2) is 0 Å². The Labute approximate surface area is 150 Å². The lowest BCUT2D eigenvalue weighted by Gasteiger charge is -2.15. The second kappa shape index (κ2) is 6.98. The Kier molecular flexibility index (Phi) is 4.95. The van der Waals surface area contributed by atoms with Crippen LogP contribution in [0.3, 0.4) is 0 Å². The van der Waals surface area contributed by atoms with Crippen LogP contribution in [0.4, 0.5) is 0 Å². The number of benzene rings is 2. The van der Waals surface area contributed by atoms with Crippen LogP contribution in [0.25, 0.3) is 11.0 Å². The molecule has 3 nitrogen and oxygen atoms in total. The Morgan fingerprint density at radius 3 is 2.62 bits per heavy atom. The minimum absolute atomic E-state index is 0.338. The van der Waals surface area contributed by atoms with Gasteiger partial charge in [-0.15, -0.1) is 0 Å². The van der Waals surface area contributed by atoms with Gasteiger partial charge in [0.25, 0.3) is 0 Å². The summed E-state index contributed by atoms with van der Waals surface area (Å²) in [4.78, 5) is 13.1. The maximum atomic E-state index is 11.9. The first-order chi connectivity index (χ1) is 11.4. The molecule has 0 bridgehead atoms. The summed E-state index contributed by atoms with van der Waals surface area (Å²) >= 11 is 12.3. The lowest BCUT2D eigenvalue weighted by molar-refractivity contribution is -0.907. The van der Waals surface area contributed by atoms with Crippen LogP contribution in [-0.2, 0) is 13.1 Å². The van der Waals surface area contributed by atoms with Crippen molar-refractivity contribution in [2.45, 2.75) is 20.0 Å². The topological polar surface area (TPSA) is 34.6 Å². The van der Waals surface area contributed by atoms with E-state index in [1.165, 1.54) is 4.90 Å². The van der Waals surface area contributed by atoms with Crippen molar-refractivity contribution in [1.82, 2.24) is 0 Å². The van der Waals surface area contributed by atoms with Crippen molar-refractivity contribution in [3.63, 3.8) is 0 Å². The Balaban J connectivity index is 1.91. The third-order valence-corrected chi connectivity index (χ3v) is 4.64. The lowest BCUT2D eigenvalue weighted by Crippen LogP contribution is -3.06. The van der Waals surface area contributed by atoms with Crippen molar-refractivity contribution in [2.24, 2.45) is 0 Å². The molecule has 0 fully saturated rings. The molecule has 0 saturated carbocycles. The zero-order chi connectivity index (χ0) is 17.3. The van der Waals surface area contributed by atoms with Gasteiger partial charge < -0.3 is 9.32 Å². The van der Waals surface area contributed by atoms with Gasteiger partial charge in [0.1, 0.15) is 18.7 Å². The molecule has 0 aliphatic heterocycles. The molecule has 1 N–H and O–H groups in total. The van der Waals surface area contributed by atoms with Gasteiger partial charge in [-0.3, -0.25) is 0 Å². The van der Waals surface area contributed by atoms with E-state index >= 15 is 0 Å². The summed E-state index contributed by atoms with van der Waals surface area (Å²) in [5.41, 5.74) is 3.22. The molecular weight excluding hydrogens is 345 g/mol. The first-order valence-electron chi connectivity index (χ1n) is 7.71. The number of hydrogen-bond donors (Lipinski definition) is 1. The molecule has 24 heavy (non-hydrogen) atoms. The molecule has 1 atom stereocenters. The molecule has 3 rings (SSSR count). The number of halogens is 2. The van der Waals surface area contributed by atoms with Gasteiger partial charge >= 0.3 is 5.63 Å². The second-order valence-corrected chi connectivity index (χ2v) is 6.97. The second-order valence-electron chi connectivity index (χ2n) is 6.13. The van der Waals surface area contributed by atoms with Crippen molar-refractivity contribution in [1.29, 1.82) is 0 Å². The van der Waals surface area contributed by atoms with Crippen LogP contribution in [0.1, 0.15) is 16.7 Å². The minimum Gasteiger partial charge on any atom is -0.423 e. The molecule has 0 spiro atoms. The molecule has 0 amide bonds. The van der Waals surface area contributed by atoms with Gasteiger partial charge in [0, 0.05) is 32.6 Å². The van der Waals surface area contributed by atoms with E-state index in [1.807, 2.05) is 43.3 Å². The van der Waals surface area contributed by atoms with Crippen molar-refractivity contribution < 1.29 is 9.32 Å². The third kappa shape index (κ3) is 3.81. The van der Waals surface area contributed by atoms with E-state index in [0.717, 1.165) is 33.6 Å². The molecule has 1 heterocycles. The van der Waals surface area contributed by atoms with Crippen LogP contribution >= 0.6 is 23.2 Å². The van der Waals surface area contributed by atoms with Crippen molar-refractivity contribution in [2.75, 3.05) is 7.05 Å². The molecule has 2 aromatic carbocycles. The van der Waals surface area contributed by atoms with E-state index in [2.05, 4.69) is 7.05 Å². The van der Waals surface area contributed by atoms with E-state index < -0.39 is 0 Å². The van der Waals surface area contributed by atoms with Gasteiger partial charge in [-0.2, -0.15) is 0 Å². The molecule has 1 aromatic heterocycles. The van der Waals surface area contributed by atoms with Crippen molar-refractivity contribution >= 4 is 34.2 Å². The van der Waals surface area contributed by atoms with Gasteiger partial charge in [-0.1, -0.05) is 35.3 Å². The number of quaternary nitrogens is 1. The maximum absolute atomic E-state index is 11.9. The number of fused-ring (bicyclic) bond motifs is 1. The quantitative estimate of drug-likeness (QED) is 0.719. The largest absolute Gasteiger partial charge is 0.423 e. The highest BCUT2D eigenvalue weighted by Gasteiger charge is 2.13. The Bertz CT molecular complexity index is 950.